The van der Waals surface area contributed by atoms with E-state index in [1.165, 1.54) is 5.57 Å². The van der Waals surface area contributed by atoms with E-state index in [4.69, 9.17) is 13.9 Å². The largest absolute Gasteiger partial charge is 0.542 e. The first kappa shape index (κ1) is 31.7. The number of ether oxygens (including phenoxy) is 2. The molecule has 0 amide bonds. The molecule has 3 aromatic rings. The molecule has 1 atom stereocenters. The number of hydrogen-bond donors (Lipinski definition) is 1. The molecule has 42 heavy (non-hydrogen) atoms. The minimum Gasteiger partial charge on any atom is -0.542 e. The summed E-state index contributed by atoms with van der Waals surface area (Å²) in [6, 6.07) is 14.0. The average Bonchev–Trinajstić information content (AvgIpc) is 2.92. The fourth-order valence-electron chi connectivity index (χ4n) is 6.78. The van der Waals surface area contributed by atoms with Gasteiger partial charge in [0.2, 0.25) is 0 Å². The number of rotatable bonds is 11. The molecule has 0 aliphatic carbocycles. The number of fused-ring (bicyclic) bond motifs is 3. The number of phenolic OH excluding ortho intramolecular Hbond substituents is 1. The molecule has 0 aromatic heterocycles. The van der Waals surface area contributed by atoms with Gasteiger partial charge in [0.1, 0.15) is 23.7 Å². The summed E-state index contributed by atoms with van der Waals surface area (Å²) in [4.78, 5) is 0. The SMILES string of the molecule is CC(C)=CCC[C@]1(C)C=Cc2c(ccc3c(O)c(OCc4ccccc4)c(C)c(O[Si](C(C)C)(C(C)C)C(C)C)c23)O1. The van der Waals surface area contributed by atoms with Crippen LogP contribution in [-0.2, 0) is 6.61 Å². The molecule has 0 saturated heterocycles. The summed E-state index contributed by atoms with van der Waals surface area (Å²) in [7, 11) is -2.35. The van der Waals surface area contributed by atoms with Crippen molar-refractivity contribution >= 4 is 25.2 Å². The van der Waals surface area contributed by atoms with Crippen molar-refractivity contribution in [2.45, 2.75) is 111 Å². The topological polar surface area (TPSA) is 47.9 Å². The van der Waals surface area contributed by atoms with Gasteiger partial charge in [0.05, 0.1) is 0 Å². The van der Waals surface area contributed by atoms with Crippen molar-refractivity contribution < 1.29 is 19.0 Å². The van der Waals surface area contributed by atoms with Crippen molar-refractivity contribution in [1.82, 2.24) is 0 Å². The first-order valence-corrected chi connectivity index (χ1v) is 17.6. The fraction of sp³-hybridized carbons (Fsp3) is 0.459. The van der Waals surface area contributed by atoms with Gasteiger partial charge in [-0.05, 0) is 80.9 Å². The molecule has 0 unspecified atom stereocenters. The van der Waals surface area contributed by atoms with E-state index in [-0.39, 0.29) is 5.75 Å². The minimum atomic E-state index is -2.35. The van der Waals surface area contributed by atoms with Gasteiger partial charge in [-0.2, -0.15) is 0 Å². The lowest BCUT2D eigenvalue weighted by atomic mass is 9.91. The predicted molar refractivity (Wildman–Crippen MR) is 180 cm³/mol. The molecular weight excluding hydrogens is 536 g/mol. The molecule has 0 radical (unpaired) electrons. The number of allylic oxidation sites excluding steroid dienone is 2. The number of aromatic hydroxyl groups is 1. The van der Waals surface area contributed by atoms with E-state index in [1.807, 2.05) is 49.4 Å². The Morgan fingerprint density at radius 2 is 1.60 bits per heavy atom. The molecule has 226 valence electrons. The molecular formula is C37H50O4Si. The Bertz CT molecular complexity index is 1440. The van der Waals surface area contributed by atoms with E-state index < -0.39 is 13.9 Å². The molecule has 0 bridgehead atoms. The zero-order valence-corrected chi connectivity index (χ0v) is 28.3. The van der Waals surface area contributed by atoms with E-state index in [0.29, 0.717) is 29.0 Å². The third-order valence-corrected chi connectivity index (χ3v) is 14.9. The maximum atomic E-state index is 11.7. The minimum absolute atomic E-state index is 0.143. The monoisotopic (exact) mass is 586 g/mol. The van der Waals surface area contributed by atoms with Gasteiger partial charge >= 0.3 is 0 Å². The molecule has 0 fully saturated rings. The van der Waals surface area contributed by atoms with Crippen molar-refractivity contribution in [3.8, 4) is 23.0 Å². The molecule has 4 rings (SSSR count). The zero-order valence-electron chi connectivity index (χ0n) is 27.3. The van der Waals surface area contributed by atoms with Crippen LogP contribution in [0.2, 0.25) is 16.6 Å². The van der Waals surface area contributed by atoms with Crippen LogP contribution >= 0.6 is 0 Å². The highest BCUT2D eigenvalue weighted by Crippen LogP contribution is 2.53. The number of phenols is 1. The van der Waals surface area contributed by atoms with Gasteiger partial charge in [0.15, 0.2) is 11.5 Å². The van der Waals surface area contributed by atoms with Gasteiger partial charge in [0, 0.05) is 21.9 Å². The third kappa shape index (κ3) is 6.12. The second kappa shape index (κ2) is 12.6. The van der Waals surface area contributed by atoms with Gasteiger partial charge in [0.25, 0.3) is 8.32 Å². The summed E-state index contributed by atoms with van der Waals surface area (Å²) in [5.41, 5.74) is 4.90. The maximum Gasteiger partial charge on any atom is 0.258 e. The van der Waals surface area contributed by atoms with E-state index >= 15 is 0 Å². The zero-order chi connectivity index (χ0) is 30.8. The first-order valence-electron chi connectivity index (χ1n) is 15.5. The molecule has 4 nitrogen and oxygen atoms in total. The van der Waals surface area contributed by atoms with Crippen LogP contribution < -0.4 is 13.9 Å². The van der Waals surface area contributed by atoms with Crippen LogP contribution in [0.5, 0.6) is 23.0 Å². The maximum absolute atomic E-state index is 11.7. The summed E-state index contributed by atoms with van der Waals surface area (Å²) >= 11 is 0. The van der Waals surface area contributed by atoms with Crippen molar-refractivity contribution in [2.24, 2.45) is 0 Å². The van der Waals surface area contributed by atoms with Crippen LogP contribution in [0.25, 0.3) is 16.8 Å². The van der Waals surface area contributed by atoms with Gasteiger partial charge < -0.3 is 19.0 Å². The highest BCUT2D eigenvalue weighted by Gasteiger charge is 2.48. The quantitative estimate of drug-likeness (QED) is 0.179. The Morgan fingerprint density at radius 3 is 2.19 bits per heavy atom. The van der Waals surface area contributed by atoms with Gasteiger partial charge in [-0.25, -0.2) is 0 Å². The van der Waals surface area contributed by atoms with Crippen LogP contribution in [0.15, 0.2) is 60.2 Å². The molecule has 1 N–H and O–H groups in total. The number of benzene rings is 3. The summed E-state index contributed by atoms with van der Waals surface area (Å²) in [5, 5.41) is 13.3. The molecule has 3 aromatic carbocycles. The summed E-state index contributed by atoms with van der Waals surface area (Å²) in [6.07, 6.45) is 8.44. The van der Waals surface area contributed by atoms with Crippen molar-refractivity contribution in [3.63, 3.8) is 0 Å². The lowest BCUT2D eigenvalue weighted by Crippen LogP contribution is -2.50. The fourth-order valence-corrected chi connectivity index (χ4v) is 12.1. The summed E-state index contributed by atoms with van der Waals surface area (Å²) in [5.74, 6) is 2.25. The Morgan fingerprint density at radius 1 is 0.952 bits per heavy atom. The predicted octanol–water partition coefficient (Wildman–Crippen LogP) is 10.9. The second-order valence-corrected chi connectivity index (χ2v) is 18.7. The summed E-state index contributed by atoms with van der Waals surface area (Å²) < 4.78 is 20.5. The van der Waals surface area contributed by atoms with E-state index in [1.54, 1.807) is 0 Å². The normalized spacial score (nSPS) is 16.6. The molecule has 1 heterocycles. The lowest BCUT2D eigenvalue weighted by Gasteiger charge is -2.43. The standard InChI is InChI=1S/C37H50O4Si/c1-24(2)15-14-21-37(10)22-20-30-32(40-37)19-18-31-33(30)35(41-42(25(3)4,26(5)6)27(7)8)28(9)36(34(31)38)39-23-29-16-12-11-13-17-29/h11-13,15-20,22,25-27,38H,14,21,23H2,1-10H3/t37-/m1/s1. The van der Waals surface area contributed by atoms with E-state index in [2.05, 4.69) is 80.5 Å². The molecule has 0 spiro atoms. The van der Waals surface area contributed by atoms with Crippen molar-refractivity contribution in [1.29, 1.82) is 0 Å². The van der Waals surface area contributed by atoms with Gasteiger partial charge in [-0.1, -0.05) is 89.6 Å². The van der Waals surface area contributed by atoms with Crippen molar-refractivity contribution in [3.05, 3.63) is 76.9 Å². The van der Waals surface area contributed by atoms with Gasteiger partial charge in [-0.3, -0.25) is 0 Å². The highest BCUT2D eigenvalue weighted by atomic mass is 28.4. The lowest BCUT2D eigenvalue weighted by molar-refractivity contribution is 0.129. The molecule has 1 aliphatic heterocycles. The summed E-state index contributed by atoms with van der Waals surface area (Å²) in [6.45, 7) is 22.6. The van der Waals surface area contributed by atoms with E-state index in [0.717, 1.165) is 51.8 Å². The Hall–Kier alpha value is -3.18. The second-order valence-electron chi connectivity index (χ2n) is 13.3. The van der Waals surface area contributed by atoms with Crippen LogP contribution in [-0.4, -0.2) is 19.0 Å². The van der Waals surface area contributed by atoms with Gasteiger partial charge in [-0.15, -0.1) is 0 Å². The van der Waals surface area contributed by atoms with Crippen molar-refractivity contribution in [2.75, 3.05) is 0 Å². The Kier molecular flexibility index (Phi) is 9.51. The highest BCUT2D eigenvalue weighted by molar-refractivity contribution is 6.78. The first-order chi connectivity index (χ1) is 19.8. The average molecular weight is 587 g/mol. The van der Waals surface area contributed by atoms with Crippen LogP contribution in [0.1, 0.15) is 91.8 Å². The Balaban J connectivity index is 1.92. The molecule has 5 heteroatoms. The molecule has 0 saturated carbocycles. The van der Waals surface area contributed by atoms with Crippen LogP contribution in [0, 0.1) is 6.92 Å². The van der Waals surface area contributed by atoms with Crippen LogP contribution in [0.4, 0.5) is 0 Å². The number of hydrogen-bond acceptors (Lipinski definition) is 4. The van der Waals surface area contributed by atoms with Crippen LogP contribution in [0.3, 0.4) is 0 Å². The Labute approximate surface area is 254 Å². The van der Waals surface area contributed by atoms with E-state index in [9.17, 15) is 5.11 Å². The smallest absolute Gasteiger partial charge is 0.258 e. The third-order valence-electron chi connectivity index (χ3n) is 8.93. The molecule has 1 aliphatic rings.